The zero-order chi connectivity index (χ0) is 27.8. The molecule has 1 saturated carbocycles. The van der Waals surface area contributed by atoms with E-state index in [2.05, 4.69) is 19.2 Å². The van der Waals surface area contributed by atoms with Gasteiger partial charge in [0.15, 0.2) is 0 Å². The van der Waals surface area contributed by atoms with Crippen LogP contribution in [0, 0.1) is 0 Å². The highest BCUT2D eigenvalue weighted by atomic mass is 35.5. The van der Waals surface area contributed by atoms with Gasteiger partial charge in [0.2, 0.25) is 11.8 Å². The van der Waals surface area contributed by atoms with Gasteiger partial charge in [-0.3, -0.25) is 14.5 Å². The first-order chi connectivity index (χ1) is 18.9. The molecule has 1 N–H and O–H groups in total. The lowest BCUT2D eigenvalue weighted by atomic mass is 9.94. The maximum Gasteiger partial charge on any atom is 0.248 e. The number of aryl methyl sites for hydroxylation is 1. The van der Waals surface area contributed by atoms with Crippen molar-refractivity contribution in [2.24, 2.45) is 0 Å². The number of hydrogen-bond acceptors (Lipinski definition) is 3. The van der Waals surface area contributed by atoms with Crippen molar-refractivity contribution in [2.75, 3.05) is 12.0 Å². The Hall–Kier alpha value is -3.31. The van der Waals surface area contributed by atoms with Crippen LogP contribution in [0.4, 0.5) is 5.69 Å². The molecule has 1 aliphatic carbocycles. The number of methoxy groups -OCH3 is 1. The summed E-state index contributed by atoms with van der Waals surface area (Å²) in [6.07, 6.45) is 6.17. The topological polar surface area (TPSA) is 58.6 Å². The molecular weight excluding hydrogens is 508 g/mol. The number of carbonyl (C=O) groups excluding carboxylic acids is 2. The average molecular weight is 547 g/mol. The molecule has 0 radical (unpaired) electrons. The molecule has 3 aromatic carbocycles. The summed E-state index contributed by atoms with van der Waals surface area (Å²) in [4.78, 5) is 29.7. The molecular formula is C33H39ClN2O3. The smallest absolute Gasteiger partial charge is 0.248 e. The largest absolute Gasteiger partial charge is 0.497 e. The first kappa shape index (κ1) is 28.7. The highest BCUT2D eigenvalue weighted by Gasteiger charge is 2.34. The summed E-state index contributed by atoms with van der Waals surface area (Å²) in [5.74, 6) is 0.871. The van der Waals surface area contributed by atoms with Crippen LogP contribution in [0.25, 0.3) is 0 Å². The minimum absolute atomic E-state index is 0.109. The van der Waals surface area contributed by atoms with E-state index in [0.717, 1.165) is 42.6 Å². The Morgan fingerprint density at radius 1 is 0.897 bits per heavy atom. The lowest BCUT2D eigenvalue weighted by Crippen LogP contribution is -2.47. The van der Waals surface area contributed by atoms with Gasteiger partial charge in [0.25, 0.3) is 0 Å². The molecule has 39 heavy (non-hydrogen) atoms. The summed E-state index contributed by atoms with van der Waals surface area (Å²) in [6, 6.07) is 22.3. The van der Waals surface area contributed by atoms with Gasteiger partial charge in [0, 0.05) is 23.2 Å². The maximum absolute atomic E-state index is 14.0. The molecule has 206 valence electrons. The number of halogens is 1. The third-order valence-corrected chi connectivity index (χ3v) is 7.79. The van der Waals surface area contributed by atoms with Crippen LogP contribution in [0.5, 0.6) is 5.75 Å². The number of nitrogens with zero attached hydrogens (tertiary/aromatic N) is 1. The van der Waals surface area contributed by atoms with E-state index >= 15 is 0 Å². The van der Waals surface area contributed by atoms with Gasteiger partial charge in [-0.25, -0.2) is 0 Å². The molecule has 2 amide bonds. The van der Waals surface area contributed by atoms with Crippen molar-refractivity contribution in [1.82, 2.24) is 5.32 Å². The van der Waals surface area contributed by atoms with Crippen molar-refractivity contribution in [3.8, 4) is 5.75 Å². The minimum Gasteiger partial charge on any atom is -0.497 e. The Bertz CT molecular complexity index is 1220. The first-order valence-corrected chi connectivity index (χ1v) is 14.3. The number of nitrogens with one attached hydrogen (secondary N) is 1. The van der Waals surface area contributed by atoms with Gasteiger partial charge >= 0.3 is 0 Å². The van der Waals surface area contributed by atoms with E-state index in [1.165, 1.54) is 12.0 Å². The van der Waals surface area contributed by atoms with E-state index in [1.54, 1.807) is 24.1 Å². The predicted molar refractivity (Wildman–Crippen MR) is 159 cm³/mol. The molecule has 0 bridgehead atoms. The van der Waals surface area contributed by atoms with Crippen molar-refractivity contribution in [2.45, 2.75) is 76.8 Å². The monoisotopic (exact) mass is 546 g/mol. The third kappa shape index (κ3) is 7.63. The number of benzene rings is 3. The fraction of sp³-hybridized carbons (Fsp3) is 0.394. The Kier molecular flexibility index (Phi) is 10.0. The summed E-state index contributed by atoms with van der Waals surface area (Å²) >= 11 is 6.21. The Balaban J connectivity index is 1.69. The second-order valence-electron chi connectivity index (χ2n) is 10.7. The maximum atomic E-state index is 14.0. The van der Waals surface area contributed by atoms with Crippen LogP contribution in [0.3, 0.4) is 0 Å². The van der Waals surface area contributed by atoms with Gasteiger partial charge < -0.3 is 10.1 Å². The van der Waals surface area contributed by atoms with Crippen LogP contribution in [0.1, 0.15) is 81.0 Å². The van der Waals surface area contributed by atoms with Gasteiger partial charge in [0.05, 0.1) is 7.11 Å². The molecule has 0 saturated heterocycles. The van der Waals surface area contributed by atoms with Crippen LogP contribution in [0.15, 0.2) is 72.8 Å². The quantitative estimate of drug-likeness (QED) is 0.284. The molecule has 1 unspecified atom stereocenters. The fourth-order valence-electron chi connectivity index (χ4n) is 5.21. The van der Waals surface area contributed by atoms with Gasteiger partial charge in [-0.05, 0) is 78.3 Å². The second-order valence-corrected chi connectivity index (χ2v) is 11.1. The van der Waals surface area contributed by atoms with Crippen molar-refractivity contribution in [1.29, 1.82) is 0 Å². The van der Waals surface area contributed by atoms with Crippen molar-refractivity contribution in [3.05, 3.63) is 94.5 Å². The van der Waals surface area contributed by atoms with Crippen molar-refractivity contribution in [3.63, 3.8) is 0 Å². The van der Waals surface area contributed by atoms with Crippen LogP contribution < -0.4 is 15.0 Å². The minimum atomic E-state index is -0.808. The van der Waals surface area contributed by atoms with Gasteiger partial charge in [-0.15, -0.1) is 0 Å². The molecule has 1 aliphatic rings. The Morgan fingerprint density at radius 2 is 1.51 bits per heavy atom. The molecule has 4 rings (SSSR count). The normalized spacial score (nSPS) is 14.6. The van der Waals surface area contributed by atoms with E-state index in [1.807, 2.05) is 60.7 Å². The lowest BCUT2D eigenvalue weighted by Gasteiger charge is -2.34. The lowest BCUT2D eigenvalue weighted by molar-refractivity contribution is -0.127. The predicted octanol–water partition coefficient (Wildman–Crippen LogP) is 7.63. The summed E-state index contributed by atoms with van der Waals surface area (Å²) in [6.45, 7) is 4.28. The molecule has 6 heteroatoms. The number of carbonyl (C=O) groups is 2. The van der Waals surface area contributed by atoms with Crippen molar-refractivity contribution >= 4 is 29.1 Å². The van der Waals surface area contributed by atoms with Crippen LogP contribution in [-0.4, -0.2) is 25.0 Å². The van der Waals surface area contributed by atoms with Crippen LogP contribution in [0.2, 0.25) is 5.02 Å². The highest BCUT2D eigenvalue weighted by molar-refractivity contribution is 6.30. The molecule has 0 aromatic heterocycles. The third-order valence-electron chi connectivity index (χ3n) is 7.54. The second kappa shape index (κ2) is 13.7. The standard InChI is InChI=1S/C33H39ClN2O3/c1-23(2)25-14-18-29(19-15-25)36(31(37)22-11-24-9-20-30(39-3)21-10-24)32(26-12-16-27(34)17-13-26)33(38)35-28-7-5-4-6-8-28/h9-10,12-21,23,28,32H,4-8,11,22H2,1-3H3,(H,35,38). The zero-order valence-electron chi connectivity index (χ0n) is 23.2. The molecule has 1 atom stereocenters. The van der Waals surface area contributed by atoms with E-state index in [9.17, 15) is 9.59 Å². The zero-order valence-corrected chi connectivity index (χ0v) is 23.9. The molecule has 5 nitrogen and oxygen atoms in total. The molecule has 0 heterocycles. The van der Waals surface area contributed by atoms with Gasteiger partial charge in [-0.2, -0.15) is 0 Å². The van der Waals surface area contributed by atoms with Crippen LogP contribution in [-0.2, 0) is 16.0 Å². The Labute approximate surface area is 237 Å². The number of anilines is 1. The molecule has 1 fully saturated rings. The van der Waals surface area contributed by atoms with E-state index < -0.39 is 6.04 Å². The van der Waals surface area contributed by atoms with Gasteiger partial charge in [0.1, 0.15) is 11.8 Å². The Morgan fingerprint density at radius 3 is 2.10 bits per heavy atom. The highest BCUT2D eigenvalue weighted by Crippen LogP contribution is 2.32. The fourth-order valence-corrected chi connectivity index (χ4v) is 5.34. The number of ether oxygens (including phenoxy) is 1. The molecule has 3 aromatic rings. The number of hydrogen-bond donors (Lipinski definition) is 1. The van der Waals surface area contributed by atoms with E-state index in [0.29, 0.717) is 23.0 Å². The SMILES string of the molecule is COc1ccc(CCC(=O)N(c2ccc(C(C)C)cc2)C(C(=O)NC2CCCCC2)c2ccc(Cl)cc2)cc1. The van der Waals surface area contributed by atoms with Gasteiger partial charge in [-0.1, -0.05) is 81.1 Å². The summed E-state index contributed by atoms with van der Waals surface area (Å²) in [7, 11) is 1.64. The van der Waals surface area contributed by atoms with Crippen LogP contribution >= 0.6 is 11.6 Å². The first-order valence-electron chi connectivity index (χ1n) is 14.0. The number of amides is 2. The average Bonchev–Trinajstić information content (AvgIpc) is 2.96. The summed E-state index contributed by atoms with van der Waals surface area (Å²) in [5, 5.41) is 3.86. The van der Waals surface area contributed by atoms with Crippen molar-refractivity contribution < 1.29 is 14.3 Å². The molecule has 0 aliphatic heterocycles. The number of rotatable bonds is 10. The summed E-state index contributed by atoms with van der Waals surface area (Å²) in [5.41, 5.74) is 3.66. The van der Waals surface area contributed by atoms with E-state index in [4.69, 9.17) is 16.3 Å². The molecule has 0 spiro atoms. The van der Waals surface area contributed by atoms with E-state index in [-0.39, 0.29) is 24.3 Å². The summed E-state index contributed by atoms with van der Waals surface area (Å²) < 4.78 is 5.27.